The first-order valence-electron chi connectivity index (χ1n) is 10.2. The monoisotopic (exact) mass is 420 g/mol. The molecular formula is C25H28N2O4. The summed E-state index contributed by atoms with van der Waals surface area (Å²) < 4.78 is 5.35. The number of amides is 2. The fraction of sp³-hybridized carbons (Fsp3) is 0.280. The van der Waals surface area contributed by atoms with Crippen LogP contribution >= 0.6 is 0 Å². The summed E-state index contributed by atoms with van der Waals surface area (Å²) in [4.78, 5) is 30.6. The Morgan fingerprint density at radius 1 is 0.903 bits per heavy atom. The number of hydroxylamine groups is 1. The summed E-state index contributed by atoms with van der Waals surface area (Å²) >= 11 is 0. The number of nitrogens with one attached hydrogen (secondary N) is 2. The lowest BCUT2D eigenvalue weighted by molar-refractivity contribution is -0.136. The number of carbonyl (C=O) groups is 2. The molecule has 0 saturated carbocycles. The van der Waals surface area contributed by atoms with Gasteiger partial charge in [0.05, 0.1) is 6.61 Å². The van der Waals surface area contributed by atoms with E-state index in [4.69, 9.17) is 9.57 Å². The summed E-state index contributed by atoms with van der Waals surface area (Å²) in [6.45, 7) is 5.54. The van der Waals surface area contributed by atoms with Crippen LogP contribution in [0.5, 0.6) is 0 Å². The Balaban J connectivity index is 1.73. The minimum atomic E-state index is -0.864. The Hall–Kier alpha value is -3.38. The average Bonchev–Trinajstić information content (AvgIpc) is 2.73. The zero-order chi connectivity index (χ0) is 22.3. The molecule has 0 aromatic heterocycles. The van der Waals surface area contributed by atoms with Gasteiger partial charge in [-0.3, -0.25) is 9.63 Å². The molecule has 162 valence electrons. The van der Waals surface area contributed by atoms with Crippen molar-refractivity contribution in [1.82, 2.24) is 10.8 Å². The van der Waals surface area contributed by atoms with E-state index in [0.29, 0.717) is 6.42 Å². The Kier molecular flexibility index (Phi) is 7.26. The van der Waals surface area contributed by atoms with Crippen LogP contribution in [0.4, 0.5) is 4.79 Å². The zero-order valence-corrected chi connectivity index (χ0v) is 18.1. The lowest BCUT2D eigenvalue weighted by atomic mass is 9.98. The summed E-state index contributed by atoms with van der Waals surface area (Å²) in [5.41, 5.74) is 3.65. The molecule has 3 aromatic carbocycles. The highest BCUT2D eigenvalue weighted by molar-refractivity contribution is 5.88. The van der Waals surface area contributed by atoms with E-state index in [-0.39, 0.29) is 6.61 Å². The maximum atomic E-state index is 12.9. The highest BCUT2D eigenvalue weighted by atomic mass is 16.7. The first kappa shape index (κ1) is 22.3. The minimum absolute atomic E-state index is 0.222. The molecule has 0 heterocycles. The van der Waals surface area contributed by atoms with Crippen molar-refractivity contribution >= 4 is 22.8 Å². The van der Waals surface area contributed by atoms with Crippen LogP contribution in [0.15, 0.2) is 72.8 Å². The van der Waals surface area contributed by atoms with Gasteiger partial charge in [-0.25, -0.2) is 10.3 Å². The summed E-state index contributed by atoms with van der Waals surface area (Å²) in [5.74, 6) is -0.449. The molecule has 2 amide bonds. The van der Waals surface area contributed by atoms with E-state index in [9.17, 15) is 9.59 Å². The molecule has 0 spiro atoms. The number of alkyl carbamates (subject to hydrolysis) is 1. The summed E-state index contributed by atoms with van der Waals surface area (Å²) in [6.07, 6.45) is -0.364. The standard InChI is InChI=1S/C25H28N2O4/c1-25(2,3)31-24(29)26-22(23(28)27-30-17-18-10-5-4-6-11-18)16-20-14-9-13-19-12-7-8-15-21(19)20/h4-15,22H,16-17H2,1-3H3,(H,26,29)(H,27,28)/t22-/m0/s1. The lowest BCUT2D eigenvalue weighted by Crippen LogP contribution is -2.49. The maximum absolute atomic E-state index is 12.9. The third kappa shape index (κ3) is 6.83. The Morgan fingerprint density at radius 3 is 2.32 bits per heavy atom. The van der Waals surface area contributed by atoms with Crippen LogP contribution in [-0.4, -0.2) is 23.6 Å². The first-order valence-corrected chi connectivity index (χ1v) is 10.2. The van der Waals surface area contributed by atoms with E-state index in [1.807, 2.05) is 72.8 Å². The highest BCUT2D eigenvalue weighted by Gasteiger charge is 2.25. The first-order chi connectivity index (χ1) is 14.8. The van der Waals surface area contributed by atoms with Gasteiger partial charge in [-0.1, -0.05) is 72.8 Å². The van der Waals surface area contributed by atoms with Crippen molar-refractivity contribution in [3.05, 3.63) is 83.9 Å². The largest absolute Gasteiger partial charge is 0.444 e. The highest BCUT2D eigenvalue weighted by Crippen LogP contribution is 2.20. The maximum Gasteiger partial charge on any atom is 0.408 e. The van der Waals surface area contributed by atoms with Gasteiger partial charge in [-0.2, -0.15) is 0 Å². The molecule has 2 N–H and O–H groups in total. The van der Waals surface area contributed by atoms with Crippen LogP contribution in [0.25, 0.3) is 10.8 Å². The van der Waals surface area contributed by atoms with Crippen LogP contribution in [0.2, 0.25) is 0 Å². The second-order valence-electron chi connectivity index (χ2n) is 8.28. The SMILES string of the molecule is CC(C)(C)OC(=O)N[C@@H](Cc1cccc2ccccc12)C(=O)NOCc1ccccc1. The van der Waals surface area contributed by atoms with E-state index in [0.717, 1.165) is 21.9 Å². The third-order valence-corrected chi connectivity index (χ3v) is 4.57. The fourth-order valence-electron chi connectivity index (χ4n) is 3.19. The number of carbonyl (C=O) groups excluding carboxylic acids is 2. The van der Waals surface area contributed by atoms with E-state index in [1.54, 1.807) is 20.8 Å². The number of ether oxygens (including phenoxy) is 1. The third-order valence-electron chi connectivity index (χ3n) is 4.57. The van der Waals surface area contributed by atoms with Crippen molar-refractivity contribution in [1.29, 1.82) is 0 Å². The predicted octanol–water partition coefficient (Wildman–Crippen LogP) is 4.52. The Bertz CT molecular complexity index is 1020. The molecule has 0 unspecified atom stereocenters. The molecule has 0 saturated heterocycles. The van der Waals surface area contributed by atoms with Gasteiger partial charge in [0.1, 0.15) is 11.6 Å². The Labute approximate surface area is 182 Å². The Morgan fingerprint density at radius 2 is 1.58 bits per heavy atom. The molecule has 6 heteroatoms. The molecule has 1 atom stereocenters. The number of fused-ring (bicyclic) bond motifs is 1. The van der Waals surface area contributed by atoms with Crippen LogP contribution < -0.4 is 10.8 Å². The fourth-order valence-corrected chi connectivity index (χ4v) is 3.19. The summed E-state index contributed by atoms with van der Waals surface area (Å²) in [5, 5.41) is 4.78. The minimum Gasteiger partial charge on any atom is -0.444 e. The summed E-state index contributed by atoms with van der Waals surface area (Å²) in [6, 6.07) is 22.5. The molecule has 0 radical (unpaired) electrons. The van der Waals surface area contributed by atoms with Crippen molar-refractivity contribution in [2.75, 3.05) is 0 Å². The number of rotatable bonds is 7. The van der Waals surface area contributed by atoms with Gasteiger partial charge in [0, 0.05) is 6.42 Å². The predicted molar refractivity (Wildman–Crippen MR) is 120 cm³/mol. The number of hydrogen-bond acceptors (Lipinski definition) is 4. The topological polar surface area (TPSA) is 76.7 Å². The molecule has 0 aliphatic carbocycles. The van der Waals surface area contributed by atoms with Crippen LogP contribution in [0.3, 0.4) is 0 Å². The van der Waals surface area contributed by atoms with Crippen molar-refractivity contribution < 1.29 is 19.2 Å². The second kappa shape index (κ2) is 10.1. The molecule has 0 fully saturated rings. The summed E-state index contributed by atoms with van der Waals surface area (Å²) in [7, 11) is 0. The molecule has 0 aliphatic rings. The number of benzene rings is 3. The van der Waals surface area contributed by atoms with Crippen LogP contribution in [0.1, 0.15) is 31.9 Å². The average molecular weight is 421 g/mol. The van der Waals surface area contributed by atoms with Crippen molar-refractivity contribution in [2.45, 2.75) is 45.4 Å². The van der Waals surface area contributed by atoms with E-state index < -0.39 is 23.6 Å². The normalized spacial score (nSPS) is 12.2. The van der Waals surface area contributed by atoms with Crippen molar-refractivity contribution in [3.8, 4) is 0 Å². The molecule has 3 rings (SSSR count). The van der Waals surface area contributed by atoms with Gasteiger partial charge in [0.15, 0.2) is 0 Å². The van der Waals surface area contributed by atoms with E-state index >= 15 is 0 Å². The molecule has 6 nitrogen and oxygen atoms in total. The lowest BCUT2D eigenvalue weighted by Gasteiger charge is -2.23. The van der Waals surface area contributed by atoms with Gasteiger partial charge in [0.25, 0.3) is 5.91 Å². The quantitative estimate of drug-likeness (QED) is 0.551. The zero-order valence-electron chi connectivity index (χ0n) is 18.1. The van der Waals surface area contributed by atoms with Gasteiger partial charge < -0.3 is 10.1 Å². The molecule has 31 heavy (non-hydrogen) atoms. The molecule has 0 aliphatic heterocycles. The second-order valence-corrected chi connectivity index (χ2v) is 8.28. The molecule has 0 bridgehead atoms. The van der Waals surface area contributed by atoms with Gasteiger partial charge in [0.2, 0.25) is 0 Å². The van der Waals surface area contributed by atoms with Crippen LogP contribution in [-0.2, 0) is 27.4 Å². The van der Waals surface area contributed by atoms with Gasteiger partial charge in [-0.15, -0.1) is 0 Å². The van der Waals surface area contributed by atoms with Crippen LogP contribution in [0, 0.1) is 0 Å². The molecule has 3 aromatic rings. The van der Waals surface area contributed by atoms with Crippen molar-refractivity contribution in [3.63, 3.8) is 0 Å². The number of hydrogen-bond donors (Lipinski definition) is 2. The van der Waals surface area contributed by atoms with E-state index in [2.05, 4.69) is 10.8 Å². The van der Waals surface area contributed by atoms with Gasteiger partial charge >= 0.3 is 6.09 Å². The van der Waals surface area contributed by atoms with Crippen molar-refractivity contribution in [2.24, 2.45) is 0 Å². The smallest absolute Gasteiger partial charge is 0.408 e. The molecular weight excluding hydrogens is 392 g/mol. The van der Waals surface area contributed by atoms with Gasteiger partial charge in [-0.05, 0) is 42.7 Å². The van der Waals surface area contributed by atoms with E-state index in [1.165, 1.54) is 0 Å².